The largest absolute Gasteiger partial charge is 0.354 e. The van der Waals surface area contributed by atoms with Gasteiger partial charge in [-0.3, -0.25) is 9.59 Å². The van der Waals surface area contributed by atoms with Gasteiger partial charge in [0.25, 0.3) is 0 Å². The first-order chi connectivity index (χ1) is 10.7. The van der Waals surface area contributed by atoms with Crippen molar-refractivity contribution in [1.29, 1.82) is 0 Å². The van der Waals surface area contributed by atoms with Crippen LogP contribution in [0.15, 0.2) is 0 Å². The molecule has 3 fully saturated rings. The summed E-state index contributed by atoms with van der Waals surface area (Å²) in [5, 5.41) is 6.31. The number of likely N-dealkylation sites (tertiary alicyclic amines) is 1. The molecule has 2 heterocycles. The molecule has 2 amide bonds. The van der Waals surface area contributed by atoms with E-state index < -0.39 is 0 Å². The third-order valence-electron chi connectivity index (χ3n) is 5.50. The lowest BCUT2D eigenvalue weighted by Crippen LogP contribution is -2.47. The zero-order valence-corrected chi connectivity index (χ0v) is 13.5. The molecule has 2 atom stereocenters. The highest BCUT2D eigenvalue weighted by molar-refractivity contribution is 5.82. The summed E-state index contributed by atoms with van der Waals surface area (Å²) >= 11 is 0. The van der Waals surface area contributed by atoms with Gasteiger partial charge >= 0.3 is 0 Å². The fourth-order valence-corrected chi connectivity index (χ4v) is 3.81. The van der Waals surface area contributed by atoms with E-state index in [2.05, 4.69) is 10.6 Å². The van der Waals surface area contributed by atoms with E-state index in [1.165, 1.54) is 19.3 Å². The van der Waals surface area contributed by atoms with Crippen LogP contribution in [0, 0.1) is 11.8 Å². The summed E-state index contributed by atoms with van der Waals surface area (Å²) in [5.74, 6) is 1.53. The van der Waals surface area contributed by atoms with Crippen LogP contribution in [0.2, 0.25) is 0 Å². The average molecular weight is 307 g/mol. The molecule has 2 saturated heterocycles. The van der Waals surface area contributed by atoms with E-state index in [1.807, 2.05) is 4.90 Å². The lowest BCUT2D eigenvalue weighted by atomic mass is 9.82. The molecule has 2 unspecified atom stereocenters. The number of rotatable bonds is 5. The van der Waals surface area contributed by atoms with Crippen molar-refractivity contribution >= 4 is 11.8 Å². The highest BCUT2D eigenvalue weighted by Crippen LogP contribution is 2.30. The summed E-state index contributed by atoms with van der Waals surface area (Å²) in [6.45, 7) is 3.39. The van der Waals surface area contributed by atoms with E-state index in [9.17, 15) is 9.59 Å². The highest BCUT2D eigenvalue weighted by atomic mass is 16.2. The summed E-state index contributed by atoms with van der Waals surface area (Å²) in [6, 6.07) is -0.0000535. The van der Waals surface area contributed by atoms with Gasteiger partial charge in [-0.1, -0.05) is 6.42 Å². The Hall–Kier alpha value is -1.10. The number of carbonyl (C=O) groups excluding carboxylic acids is 2. The van der Waals surface area contributed by atoms with E-state index in [-0.39, 0.29) is 11.9 Å². The second-order valence-electron chi connectivity index (χ2n) is 7.24. The monoisotopic (exact) mass is 307 g/mol. The maximum atomic E-state index is 12.3. The number of piperidine rings is 1. The lowest BCUT2D eigenvalue weighted by Gasteiger charge is -2.35. The normalized spacial score (nSPS) is 29.2. The van der Waals surface area contributed by atoms with Crippen LogP contribution < -0.4 is 10.6 Å². The van der Waals surface area contributed by atoms with E-state index >= 15 is 0 Å². The van der Waals surface area contributed by atoms with Crippen LogP contribution in [0.25, 0.3) is 0 Å². The van der Waals surface area contributed by atoms with Gasteiger partial charge in [-0.05, 0) is 56.9 Å². The summed E-state index contributed by atoms with van der Waals surface area (Å²) < 4.78 is 0. The van der Waals surface area contributed by atoms with Crippen LogP contribution in [0.1, 0.15) is 51.4 Å². The minimum Gasteiger partial charge on any atom is -0.354 e. The predicted octanol–water partition coefficient (Wildman–Crippen LogP) is 1.28. The molecule has 3 rings (SSSR count). The Morgan fingerprint density at radius 2 is 1.86 bits per heavy atom. The van der Waals surface area contributed by atoms with Gasteiger partial charge in [-0.15, -0.1) is 0 Å². The second kappa shape index (κ2) is 7.44. The van der Waals surface area contributed by atoms with E-state index in [0.29, 0.717) is 24.3 Å². The molecule has 0 aromatic carbocycles. The Kier molecular flexibility index (Phi) is 5.34. The van der Waals surface area contributed by atoms with Gasteiger partial charge in [0, 0.05) is 26.1 Å². The molecule has 2 aliphatic heterocycles. The van der Waals surface area contributed by atoms with Crippen molar-refractivity contribution in [2.24, 2.45) is 11.8 Å². The molecule has 0 radical (unpaired) electrons. The molecule has 1 saturated carbocycles. The summed E-state index contributed by atoms with van der Waals surface area (Å²) in [4.78, 5) is 26.4. The van der Waals surface area contributed by atoms with Gasteiger partial charge in [0.2, 0.25) is 11.8 Å². The Bertz CT molecular complexity index is 403. The van der Waals surface area contributed by atoms with E-state index in [0.717, 1.165) is 51.7 Å². The van der Waals surface area contributed by atoms with E-state index in [4.69, 9.17) is 0 Å². The molecule has 2 N–H and O–H groups in total. The predicted molar refractivity (Wildman–Crippen MR) is 85.3 cm³/mol. The van der Waals surface area contributed by atoms with Crippen molar-refractivity contribution in [3.05, 3.63) is 0 Å². The molecule has 0 bridgehead atoms. The summed E-state index contributed by atoms with van der Waals surface area (Å²) in [5.41, 5.74) is 0. The van der Waals surface area contributed by atoms with Crippen LogP contribution in [0.3, 0.4) is 0 Å². The van der Waals surface area contributed by atoms with Crippen molar-refractivity contribution < 1.29 is 9.59 Å². The van der Waals surface area contributed by atoms with Gasteiger partial charge in [0.05, 0.1) is 6.04 Å². The maximum Gasteiger partial charge on any atom is 0.237 e. The van der Waals surface area contributed by atoms with Crippen LogP contribution in [-0.2, 0) is 9.59 Å². The Morgan fingerprint density at radius 1 is 1.05 bits per heavy atom. The third kappa shape index (κ3) is 4.00. The van der Waals surface area contributed by atoms with Crippen LogP contribution in [0.4, 0.5) is 0 Å². The number of hydrogen-bond acceptors (Lipinski definition) is 3. The first-order valence-electron chi connectivity index (χ1n) is 9.01. The Balaban J connectivity index is 1.39. The standard InChI is InChI=1S/C17H29N3O2/c21-16(10-13-4-1-5-13)20-9-3-6-14(12-20)11-19-17(22)15-7-2-8-18-15/h13-15,18H,1-12H2,(H,19,22). The van der Waals surface area contributed by atoms with Crippen LogP contribution >= 0.6 is 0 Å². The van der Waals surface area contributed by atoms with Crippen molar-refractivity contribution in [1.82, 2.24) is 15.5 Å². The molecule has 0 aromatic rings. The molecule has 124 valence electrons. The van der Waals surface area contributed by atoms with Gasteiger partial charge in [0.15, 0.2) is 0 Å². The molecule has 1 aliphatic carbocycles. The molecule has 5 heteroatoms. The summed E-state index contributed by atoms with van der Waals surface area (Å²) in [6.07, 6.45) is 8.71. The molecule has 5 nitrogen and oxygen atoms in total. The zero-order valence-electron chi connectivity index (χ0n) is 13.5. The minimum absolute atomic E-state index is 0.0000535. The SMILES string of the molecule is O=C(NCC1CCCN(C(=O)CC2CCC2)C1)C1CCCN1. The second-order valence-corrected chi connectivity index (χ2v) is 7.24. The molecule has 22 heavy (non-hydrogen) atoms. The van der Waals surface area contributed by atoms with Crippen LogP contribution in [0.5, 0.6) is 0 Å². The lowest BCUT2D eigenvalue weighted by molar-refractivity contribution is -0.134. The zero-order chi connectivity index (χ0) is 15.4. The van der Waals surface area contributed by atoms with E-state index in [1.54, 1.807) is 0 Å². The average Bonchev–Trinajstić information content (AvgIpc) is 3.03. The molecule has 0 aromatic heterocycles. The van der Waals surface area contributed by atoms with Gasteiger partial charge in [-0.25, -0.2) is 0 Å². The number of amides is 2. The first kappa shape index (κ1) is 15.8. The number of hydrogen-bond donors (Lipinski definition) is 2. The number of nitrogens with zero attached hydrogens (tertiary/aromatic N) is 1. The number of carbonyl (C=O) groups is 2. The molecular formula is C17H29N3O2. The Labute approximate surface area is 133 Å². The molecule has 0 spiro atoms. The molecular weight excluding hydrogens is 278 g/mol. The van der Waals surface area contributed by atoms with Crippen molar-refractivity contribution in [3.8, 4) is 0 Å². The van der Waals surface area contributed by atoms with Crippen molar-refractivity contribution in [3.63, 3.8) is 0 Å². The third-order valence-corrected chi connectivity index (χ3v) is 5.50. The minimum atomic E-state index is -0.0000535. The Morgan fingerprint density at radius 3 is 2.55 bits per heavy atom. The highest BCUT2D eigenvalue weighted by Gasteiger charge is 2.28. The maximum absolute atomic E-state index is 12.3. The van der Waals surface area contributed by atoms with Crippen molar-refractivity contribution in [2.45, 2.75) is 57.4 Å². The first-order valence-corrected chi connectivity index (χ1v) is 9.01. The fraction of sp³-hybridized carbons (Fsp3) is 0.882. The van der Waals surface area contributed by atoms with Gasteiger partial charge < -0.3 is 15.5 Å². The summed E-state index contributed by atoms with van der Waals surface area (Å²) in [7, 11) is 0. The fourth-order valence-electron chi connectivity index (χ4n) is 3.81. The smallest absolute Gasteiger partial charge is 0.237 e. The molecule has 3 aliphatic rings. The quantitative estimate of drug-likeness (QED) is 0.804. The van der Waals surface area contributed by atoms with Crippen molar-refractivity contribution in [2.75, 3.05) is 26.2 Å². The topological polar surface area (TPSA) is 61.4 Å². The van der Waals surface area contributed by atoms with Crippen LogP contribution in [-0.4, -0.2) is 48.9 Å². The van der Waals surface area contributed by atoms with Gasteiger partial charge in [0.1, 0.15) is 0 Å². The van der Waals surface area contributed by atoms with Gasteiger partial charge in [-0.2, -0.15) is 0 Å². The number of nitrogens with one attached hydrogen (secondary N) is 2.